The number of rotatable bonds is 2. The summed E-state index contributed by atoms with van der Waals surface area (Å²) in [6.07, 6.45) is 2.02. The second-order valence-corrected chi connectivity index (χ2v) is 11.1. The molecule has 4 unspecified atom stereocenters. The van der Waals surface area contributed by atoms with Crippen LogP contribution in [0.25, 0.3) is 5.57 Å². The van der Waals surface area contributed by atoms with E-state index >= 15 is 0 Å². The average molecular weight is 491 g/mol. The van der Waals surface area contributed by atoms with Gasteiger partial charge >= 0.3 is 12.3 Å². The molecule has 0 spiro atoms. The van der Waals surface area contributed by atoms with E-state index in [1.54, 1.807) is 11.0 Å². The number of piperidine rings is 2. The third-order valence-electron chi connectivity index (χ3n) is 7.70. The Kier molecular flexibility index (Phi) is 5.93. The van der Waals surface area contributed by atoms with Gasteiger partial charge in [-0.2, -0.15) is 13.2 Å². The Labute approximate surface area is 204 Å². The summed E-state index contributed by atoms with van der Waals surface area (Å²) < 4.78 is 52.7. The fourth-order valence-corrected chi connectivity index (χ4v) is 6.37. The van der Waals surface area contributed by atoms with E-state index in [1.165, 1.54) is 13.2 Å². The van der Waals surface area contributed by atoms with Crippen LogP contribution in [0.2, 0.25) is 0 Å². The summed E-state index contributed by atoms with van der Waals surface area (Å²) in [4.78, 5) is 17.1. The Morgan fingerprint density at radius 3 is 2.57 bits per heavy atom. The van der Waals surface area contributed by atoms with Gasteiger partial charge < -0.3 is 14.4 Å². The van der Waals surface area contributed by atoms with Crippen LogP contribution in [0.4, 0.5) is 18.0 Å². The third-order valence-corrected chi connectivity index (χ3v) is 7.70. The highest BCUT2D eigenvalue weighted by Crippen LogP contribution is 2.50. The summed E-state index contributed by atoms with van der Waals surface area (Å²) in [6.45, 7) is 7.72. The Morgan fingerprint density at radius 1 is 1.11 bits per heavy atom. The SMILES string of the molecule is COc1ccc(C2=CC3CCCN4C5CCN(C(=O)OC(C)(C)C)CC5C(=C2)C34)c(C(F)(F)F)c1. The van der Waals surface area contributed by atoms with Gasteiger partial charge in [0, 0.05) is 31.1 Å². The van der Waals surface area contributed by atoms with Crippen LogP contribution in [-0.4, -0.2) is 60.3 Å². The maximum absolute atomic E-state index is 14.0. The molecule has 0 N–H and O–H groups in total. The van der Waals surface area contributed by atoms with Crippen LogP contribution in [0.1, 0.15) is 51.2 Å². The average Bonchev–Trinajstić information content (AvgIpc) is 3.11. The van der Waals surface area contributed by atoms with Crippen molar-refractivity contribution in [1.82, 2.24) is 9.80 Å². The molecule has 0 saturated carbocycles. The number of halogens is 3. The van der Waals surface area contributed by atoms with E-state index in [-0.39, 0.29) is 35.3 Å². The zero-order chi connectivity index (χ0) is 25.1. The molecule has 1 aliphatic carbocycles. The van der Waals surface area contributed by atoms with Crippen molar-refractivity contribution in [1.29, 1.82) is 0 Å². The number of likely N-dealkylation sites (tertiary alicyclic amines) is 1. The maximum atomic E-state index is 14.0. The van der Waals surface area contributed by atoms with Crippen molar-refractivity contribution in [3.63, 3.8) is 0 Å². The minimum absolute atomic E-state index is 0.0955. The van der Waals surface area contributed by atoms with Crippen LogP contribution in [0.15, 0.2) is 35.9 Å². The summed E-state index contributed by atoms with van der Waals surface area (Å²) in [7, 11) is 1.37. The highest BCUT2D eigenvalue weighted by Gasteiger charge is 2.52. The van der Waals surface area contributed by atoms with E-state index in [4.69, 9.17) is 9.47 Å². The van der Waals surface area contributed by atoms with Gasteiger partial charge in [-0.15, -0.1) is 0 Å². The molecule has 5 rings (SSSR count). The van der Waals surface area contributed by atoms with Gasteiger partial charge in [0.25, 0.3) is 0 Å². The molecule has 1 aromatic rings. The number of ether oxygens (including phenoxy) is 2. The smallest absolute Gasteiger partial charge is 0.417 e. The second kappa shape index (κ2) is 8.57. The van der Waals surface area contributed by atoms with E-state index in [0.29, 0.717) is 24.7 Å². The molecule has 3 heterocycles. The number of amides is 1. The quantitative estimate of drug-likeness (QED) is 0.529. The monoisotopic (exact) mass is 490 g/mol. The second-order valence-electron chi connectivity index (χ2n) is 11.1. The van der Waals surface area contributed by atoms with Gasteiger partial charge in [0.2, 0.25) is 0 Å². The fourth-order valence-electron chi connectivity index (χ4n) is 6.37. The van der Waals surface area contributed by atoms with Crippen LogP contribution in [0, 0.1) is 11.8 Å². The topological polar surface area (TPSA) is 42.0 Å². The van der Waals surface area contributed by atoms with E-state index in [1.807, 2.05) is 32.9 Å². The van der Waals surface area contributed by atoms with Crippen LogP contribution in [-0.2, 0) is 10.9 Å². The number of hydrogen-bond acceptors (Lipinski definition) is 4. The first-order valence-corrected chi connectivity index (χ1v) is 12.4. The van der Waals surface area contributed by atoms with E-state index in [9.17, 15) is 18.0 Å². The number of nitrogens with zero attached hydrogens (tertiary/aromatic N) is 2. The molecule has 4 atom stereocenters. The molecule has 5 nitrogen and oxygen atoms in total. The molecular weight excluding hydrogens is 457 g/mol. The predicted octanol–water partition coefficient (Wildman–Crippen LogP) is 5.76. The minimum Gasteiger partial charge on any atom is -0.497 e. The zero-order valence-electron chi connectivity index (χ0n) is 20.7. The molecule has 0 bridgehead atoms. The Bertz CT molecular complexity index is 1070. The lowest BCUT2D eigenvalue weighted by molar-refractivity contribution is -0.137. The number of carbonyl (C=O) groups is 1. The molecule has 8 heteroatoms. The van der Waals surface area contributed by atoms with Gasteiger partial charge in [0.15, 0.2) is 0 Å². The molecule has 0 radical (unpaired) electrons. The van der Waals surface area contributed by atoms with Crippen molar-refractivity contribution < 1.29 is 27.4 Å². The normalized spacial score (nSPS) is 28.6. The first kappa shape index (κ1) is 24.2. The lowest BCUT2D eigenvalue weighted by Crippen LogP contribution is -2.51. The van der Waals surface area contributed by atoms with Crippen molar-refractivity contribution in [3.8, 4) is 5.75 Å². The van der Waals surface area contributed by atoms with Crippen molar-refractivity contribution in [2.45, 2.75) is 63.9 Å². The van der Waals surface area contributed by atoms with Crippen molar-refractivity contribution in [2.75, 3.05) is 26.7 Å². The number of benzene rings is 1. The number of fused-ring (bicyclic) bond motifs is 3. The molecule has 1 amide bonds. The number of allylic oxidation sites excluding steroid dienone is 2. The van der Waals surface area contributed by atoms with Gasteiger partial charge in [0.1, 0.15) is 11.4 Å². The summed E-state index contributed by atoms with van der Waals surface area (Å²) in [6, 6.07) is 4.69. The van der Waals surface area contributed by atoms with Crippen LogP contribution in [0.5, 0.6) is 5.75 Å². The zero-order valence-corrected chi connectivity index (χ0v) is 20.7. The molecule has 4 aliphatic rings. The molecule has 35 heavy (non-hydrogen) atoms. The first-order chi connectivity index (χ1) is 16.5. The Balaban J connectivity index is 1.51. The number of hydrogen-bond donors (Lipinski definition) is 0. The standard InChI is InChI=1S/C27H33F3N2O3/c1-26(2,3)35-25(33)31-11-9-23-21(15-31)20-13-17(12-16-6-5-10-32(23)24(16)20)19-8-7-18(34-4)14-22(19)27(28,29)30/h7-8,12-14,16,21,23-24H,5-6,9-11,15H2,1-4H3. The van der Waals surface area contributed by atoms with Gasteiger partial charge in [-0.3, -0.25) is 4.90 Å². The molecule has 1 aromatic carbocycles. The number of carbonyl (C=O) groups excluding carboxylic acids is 1. The highest BCUT2D eigenvalue weighted by atomic mass is 19.4. The summed E-state index contributed by atoms with van der Waals surface area (Å²) in [5.74, 6) is 0.453. The first-order valence-electron chi connectivity index (χ1n) is 12.4. The van der Waals surface area contributed by atoms with Gasteiger partial charge in [-0.25, -0.2) is 4.79 Å². The van der Waals surface area contributed by atoms with Gasteiger partial charge in [0.05, 0.1) is 12.7 Å². The lowest BCUT2D eigenvalue weighted by atomic mass is 9.76. The number of methoxy groups -OCH3 is 1. The van der Waals surface area contributed by atoms with Gasteiger partial charge in [-0.05, 0) is 81.3 Å². The fraction of sp³-hybridized carbons (Fsp3) is 0.593. The Morgan fingerprint density at radius 2 is 1.89 bits per heavy atom. The van der Waals surface area contributed by atoms with E-state index in [2.05, 4.69) is 4.90 Å². The molecule has 190 valence electrons. The minimum atomic E-state index is -4.49. The maximum Gasteiger partial charge on any atom is 0.417 e. The predicted molar refractivity (Wildman–Crippen MR) is 127 cm³/mol. The van der Waals surface area contributed by atoms with E-state index < -0.39 is 17.3 Å². The van der Waals surface area contributed by atoms with Crippen molar-refractivity contribution in [3.05, 3.63) is 47.1 Å². The van der Waals surface area contributed by atoms with Gasteiger partial charge in [-0.1, -0.05) is 18.2 Å². The summed E-state index contributed by atoms with van der Waals surface area (Å²) in [5.41, 5.74) is 0.709. The highest BCUT2D eigenvalue weighted by molar-refractivity contribution is 5.80. The largest absolute Gasteiger partial charge is 0.497 e. The molecule has 3 saturated heterocycles. The van der Waals surface area contributed by atoms with E-state index in [0.717, 1.165) is 37.4 Å². The number of alkyl halides is 3. The summed E-state index contributed by atoms with van der Waals surface area (Å²) in [5, 5.41) is 0. The summed E-state index contributed by atoms with van der Waals surface area (Å²) >= 11 is 0. The molecule has 0 aromatic heterocycles. The third kappa shape index (κ3) is 4.46. The van der Waals surface area contributed by atoms with Crippen molar-refractivity contribution in [2.24, 2.45) is 11.8 Å². The molecule has 3 aliphatic heterocycles. The van der Waals surface area contributed by atoms with Crippen LogP contribution < -0.4 is 4.74 Å². The Hall–Kier alpha value is -2.48. The van der Waals surface area contributed by atoms with Crippen molar-refractivity contribution >= 4 is 11.7 Å². The lowest BCUT2D eigenvalue weighted by Gasteiger charge is -2.41. The van der Waals surface area contributed by atoms with Crippen LogP contribution in [0.3, 0.4) is 0 Å². The molecular formula is C27H33F3N2O3. The molecule has 3 fully saturated rings. The van der Waals surface area contributed by atoms with Crippen LogP contribution >= 0.6 is 0 Å².